The Hall–Kier alpha value is -2.73. The van der Waals surface area contributed by atoms with Crippen molar-refractivity contribution in [3.8, 4) is 5.75 Å². The molecule has 0 saturated carbocycles. The normalized spacial score (nSPS) is 20.8. The summed E-state index contributed by atoms with van der Waals surface area (Å²) in [5.74, 6) is 1.74. The molecule has 0 spiro atoms. The Balaban J connectivity index is 1.37. The lowest BCUT2D eigenvalue weighted by Gasteiger charge is -2.38. The van der Waals surface area contributed by atoms with Crippen molar-refractivity contribution in [1.82, 2.24) is 10.6 Å². The summed E-state index contributed by atoms with van der Waals surface area (Å²) < 4.78 is 11.6. The Morgan fingerprint density at radius 2 is 1.83 bits per heavy atom. The zero-order valence-electron chi connectivity index (χ0n) is 18.1. The summed E-state index contributed by atoms with van der Waals surface area (Å²) in [5, 5.41) is 7.04. The number of hydrogen-bond donors (Lipinski definition) is 2. The van der Waals surface area contributed by atoms with E-state index in [1.54, 1.807) is 0 Å². The molecule has 1 saturated heterocycles. The highest BCUT2D eigenvalue weighted by atomic mass is 16.5. The Morgan fingerprint density at radius 1 is 1.10 bits per heavy atom. The highest BCUT2D eigenvalue weighted by molar-refractivity contribution is 5.80. The quantitative estimate of drug-likeness (QED) is 0.599. The molecule has 0 radical (unpaired) electrons. The van der Waals surface area contributed by atoms with E-state index in [2.05, 4.69) is 70.8 Å². The number of guanidine groups is 1. The predicted molar refractivity (Wildman–Crippen MR) is 121 cm³/mol. The van der Waals surface area contributed by atoms with Crippen LogP contribution in [0.3, 0.4) is 0 Å². The van der Waals surface area contributed by atoms with E-state index < -0.39 is 0 Å². The van der Waals surface area contributed by atoms with Crippen molar-refractivity contribution < 1.29 is 9.47 Å². The third-order valence-corrected chi connectivity index (χ3v) is 5.68. The van der Waals surface area contributed by atoms with E-state index in [4.69, 9.17) is 9.47 Å². The summed E-state index contributed by atoms with van der Waals surface area (Å²) in [6.07, 6.45) is 0.874. The third kappa shape index (κ3) is 4.87. The Morgan fingerprint density at radius 3 is 2.57 bits per heavy atom. The number of ether oxygens (including phenoxy) is 2. The molecule has 1 atom stereocenters. The average Bonchev–Trinajstić information content (AvgIpc) is 2.76. The number of para-hydroxylation sites is 1. The van der Waals surface area contributed by atoms with E-state index in [1.165, 1.54) is 16.8 Å². The molecule has 2 heterocycles. The zero-order chi connectivity index (χ0) is 21.0. The molecule has 0 bridgehead atoms. The van der Waals surface area contributed by atoms with Gasteiger partial charge in [-0.05, 0) is 37.6 Å². The van der Waals surface area contributed by atoms with Crippen LogP contribution in [-0.2, 0) is 11.3 Å². The van der Waals surface area contributed by atoms with Gasteiger partial charge < -0.3 is 25.0 Å². The van der Waals surface area contributed by atoms with E-state index in [0.29, 0.717) is 0 Å². The second kappa shape index (κ2) is 8.96. The van der Waals surface area contributed by atoms with Gasteiger partial charge in [-0.25, -0.2) is 0 Å². The summed E-state index contributed by atoms with van der Waals surface area (Å²) in [6.45, 7) is 8.49. The lowest BCUT2D eigenvalue weighted by Crippen LogP contribution is -2.45. The van der Waals surface area contributed by atoms with E-state index in [0.717, 1.165) is 51.0 Å². The second-order valence-electron chi connectivity index (χ2n) is 8.49. The Labute approximate surface area is 179 Å². The number of nitrogens with zero attached hydrogens (tertiary/aromatic N) is 2. The van der Waals surface area contributed by atoms with E-state index in [9.17, 15) is 0 Å². The maximum absolute atomic E-state index is 6.14. The molecule has 4 rings (SSSR count). The van der Waals surface area contributed by atoms with E-state index in [-0.39, 0.29) is 11.6 Å². The van der Waals surface area contributed by atoms with Crippen molar-refractivity contribution in [2.45, 2.75) is 38.5 Å². The van der Waals surface area contributed by atoms with Crippen LogP contribution >= 0.6 is 0 Å². The number of nitrogens with one attached hydrogen (secondary N) is 2. The molecule has 6 nitrogen and oxygen atoms in total. The average molecular weight is 409 g/mol. The number of morpholine rings is 1. The van der Waals surface area contributed by atoms with Crippen LogP contribution in [0.2, 0.25) is 0 Å². The fourth-order valence-electron chi connectivity index (χ4n) is 4.12. The van der Waals surface area contributed by atoms with Gasteiger partial charge in [-0.2, -0.15) is 0 Å². The lowest BCUT2D eigenvalue weighted by molar-refractivity contribution is 0.0694. The maximum atomic E-state index is 6.14. The lowest BCUT2D eigenvalue weighted by atomic mass is 9.90. The molecule has 6 heteroatoms. The van der Waals surface area contributed by atoms with Gasteiger partial charge in [0.15, 0.2) is 5.96 Å². The van der Waals surface area contributed by atoms with Crippen LogP contribution in [0.5, 0.6) is 5.75 Å². The minimum Gasteiger partial charge on any atom is -0.487 e. The van der Waals surface area contributed by atoms with Gasteiger partial charge in [-0.3, -0.25) is 4.99 Å². The van der Waals surface area contributed by atoms with Crippen LogP contribution < -0.4 is 20.3 Å². The molecule has 1 unspecified atom stereocenters. The topological polar surface area (TPSA) is 58.1 Å². The minimum atomic E-state index is -0.222. The molecule has 1 fully saturated rings. The second-order valence-corrected chi connectivity index (χ2v) is 8.49. The van der Waals surface area contributed by atoms with Crippen molar-refractivity contribution in [3.63, 3.8) is 0 Å². The molecule has 0 aromatic heterocycles. The number of aliphatic imine (C=N–C) groups is 1. The number of rotatable bonds is 4. The first kappa shape index (κ1) is 20.5. The van der Waals surface area contributed by atoms with Crippen LogP contribution in [-0.4, -0.2) is 44.9 Å². The summed E-state index contributed by atoms with van der Waals surface area (Å²) >= 11 is 0. The van der Waals surface area contributed by atoms with Gasteiger partial charge in [0, 0.05) is 44.4 Å². The summed E-state index contributed by atoms with van der Waals surface area (Å²) in [6, 6.07) is 17.1. The molecular formula is C24H32N4O2. The molecule has 160 valence electrons. The zero-order valence-corrected chi connectivity index (χ0v) is 18.1. The van der Waals surface area contributed by atoms with Gasteiger partial charge in [0.1, 0.15) is 11.4 Å². The van der Waals surface area contributed by atoms with Gasteiger partial charge in [0.05, 0.1) is 19.3 Å². The summed E-state index contributed by atoms with van der Waals surface area (Å²) in [4.78, 5) is 6.81. The van der Waals surface area contributed by atoms with Crippen LogP contribution in [0.4, 0.5) is 5.69 Å². The van der Waals surface area contributed by atoms with E-state index in [1.807, 2.05) is 19.2 Å². The van der Waals surface area contributed by atoms with Gasteiger partial charge in [-0.15, -0.1) is 0 Å². The smallest absolute Gasteiger partial charge is 0.191 e. The fourth-order valence-corrected chi connectivity index (χ4v) is 4.12. The number of hydrogen-bond acceptors (Lipinski definition) is 4. The van der Waals surface area contributed by atoms with Crippen molar-refractivity contribution in [2.75, 3.05) is 38.3 Å². The molecule has 30 heavy (non-hydrogen) atoms. The number of benzene rings is 2. The van der Waals surface area contributed by atoms with Crippen molar-refractivity contribution >= 4 is 11.6 Å². The van der Waals surface area contributed by atoms with Gasteiger partial charge in [-0.1, -0.05) is 30.3 Å². The Bertz CT molecular complexity index is 873. The van der Waals surface area contributed by atoms with Crippen LogP contribution in [0.1, 0.15) is 37.4 Å². The largest absolute Gasteiger partial charge is 0.487 e. The SMILES string of the molecule is CN=C(NCc1ccc(N2CCOCC2)cc1)NC1CC(C)(C)Oc2ccccc21. The van der Waals surface area contributed by atoms with Crippen LogP contribution in [0.15, 0.2) is 53.5 Å². The molecular weight excluding hydrogens is 376 g/mol. The van der Waals surface area contributed by atoms with Gasteiger partial charge >= 0.3 is 0 Å². The van der Waals surface area contributed by atoms with Crippen LogP contribution in [0, 0.1) is 0 Å². The van der Waals surface area contributed by atoms with Crippen molar-refractivity contribution in [2.24, 2.45) is 4.99 Å². The van der Waals surface area contributed by atoms with Crippen molar-refractivity contribution in [3.05, 3.63) is 59.7 Å². The molecule has 0 amide bonds. The highest BCUT2D eigenvalue weighted by Gasteiger charge is 2.33. The standard InChI is InChI=1S/C24H32N4O2/c1-24(2)16-21(20-6-4-5-7-22(20)30-24)27-23(25-3)26-17-18-8-10-19(11-9-18)28-12-14-29-15-13-28/h4-11,21H,12-17H2,1-3H3,(H2,25,26,27). The minimum absolute atomic E-state index is 0.153. The fraction of sp³-hybridized carbons (Fsp3) is 0.458. The van der Waals surface area contributed by atoms with Crippen LogP contribution in [0.25, 0.3) is 0 Å². The highest BCUT2D eigenvalue weighted by Crippen LogP contribution is 2.39. The first-order valence-corrected chi connectivity index (χ1v) is 10.7. The Kier molecular flexibility index (Phi) is 6.13. The molecule has 2 aliphatic rings. The first-order valence-electron chi connectivity index (χ1n) is 10.7. The maximum Gasteiger partial charge on any atom is 0.191 e. The van der Waals surface area contributed by atoms with Gasteiger partial charge in [0.2, 0.25) is 0 Å². The summed E-state index contributed by atoms with van der Waals surface area (Å²) in [7, 11) is 1.81. The third-order valence-electron chi connectivity index (χ3n) is 5.68. The monoisotopic (exact) mass is 408 g/mol. The predicted octanol–water partition coefficient (Wildman–Crippen LogP) is 3.49. The first-order chi connectivity index (χ1) is 14.5. The molecule has 2 aromatic carbocycles. The molecule has 2 N–H and O–H groups in total. The number of anilines is 1. The van der Waals surface area contributed by atoms with E-state index >= 15 is 0 Å². The van der Waals surface area contributed by atoms with Gasteiger partial charge in [0.25, 0.3) is 0 Å². The molecule has 0 aliphatic carbocycles. The summed E-state index contributed by atoms with van der Waals surface area (Å²) in [5.41, 5.74) is 3.43. The molecule has 2 aromatic rings. The number of fused-ring (bicyclic) bond motifs is 1. The molecule has 2 aliphatic heterocycles. The van der Waals surface area contributed by atoms with Crippen molar-refractivity contribution in [1.29, 1.82) is 0 Å².